The lowest BCUT2D eigenvalue weighted by Crippen LogP contribution is -2.23. The molecule has 3 rings (SSSR count). The average molecular weight is 1980 g/mol. The number of methoxy groups -OCH3 is 1. The van der Waals surface area contributed by atoms with Crippen LogP contribution in [-0.4, -0.2) is 172 Å². The third-order valence-corrected chi connectivity index (χ3v) is 6.55. The predicted molar refractivity (Wildman–Crippen MR) is 369 cm³/mol. The SMILES string of the molecule is CC(I)(I)I.CCCNc1nc(Cl)nc(Cl)n1.CCCNc1nc(Cl)nc(N(C)OC)n1.CCCNc1nc(NCCN(C)C)nc(N(C)OC)n1.CN(C)CCN.COC=N.Cl.IC(I)I.ICI. The Balaban J connectivity index is -0.000000182. The fraction of sp³-hybridized carbons (Fsp3) is 0.722. The predicted octanol–water partition coefficient (Wildman–Crippen LogP) is 11.5. The van der Waals surface area contributed by atoms with Gasteiger partial charge in [0.1, 0.15) is -0.627 Å². The first-order valence-electron chi connectivity index (χ1n) is 20.2. The molecule has 0 aromatic carbocycles. The van der Waals surface area contributed by atoms with Crippen LogP contribution in [0.1, 0.15) is 47.0 Å². The zero-order chi connectivity index (χ0) is 54.4. The van der Waals surface area contributed by atoms with Crippen LogP contribution in [0, 0.1) is 5.41 Å². The molecule has 3 aromatic rings. The largest absolute Gasteiger partial charge is 0.487 e. The van der Waals surface area contributed by atoms with Gasteiger partial charge in [0.25, 0.3) is 11.9 Å². The van der Waals surface area contributed by atoms with Crippen LogP contribution < -0.4 is 37.1 Å². The minimum Gasteiger partial charge on any atom is -0.487 e. The first kappa shape index (κ1) is 83.4. The van der Waals surface area contributed by atoms with Crippen molar-refractivity contribution in [1.29, 1.82) is 5.41 Å². The van der Waals surface area contributed by atoms with Crippen molar-refractivity contribution >= 4 is 270 Å². The molecule has 412 valence electrons. The number of nitrogens with two attached hydrogens (primary N) is 1. The molecule has 0 amide bonds. The molecule has 0 spiro atoms. The molecule has 3 heterocycles. The first-order valence-corrected chi connectivity index (χ1v) is 31.3. The molecule has 22 nitrogen and oxygen atoms in total. The Morgan fingerprint density at radius 2 is 0.871 bits per heavy atom. The Labute approximate surface area is 547 Å². The molecule has 70 heavy (non-hydrogen) atoms. The molecule has 0 aliphatic carbocycles. The van der Waals surface area contributed by atoms with Crippen LogP contribution in [0.4, 0.5) is 35.7 Å². The number of ether oxygens (including phenoxy) is 1. The summed E-state index contributed by atoms with van der Waals surface area (Å²) in [4.78, 5) is 50.4. The second-order valence-corrected chi connectivity index (χ2v) is 41.7. The van der Waals surface area contributed by atoms with Gasteiger partial charge in [0, 0.05) is 59.9 Å². The number of aromatic nitrogens is 9. The lowest BCUT2D eigenvalue weighted by molar-refractivity contribution is 0.180. The first-order chi connectivity index (χ1) is 32.3. The number of hydrogen-bond donors (Lipinski definition) is 6. The number of rotatable bonds is 20. The Morgan fingerprint density at radius 3 is 1.13 bits per heavy atom. The van der Waals surface area contributed by atoms with Crippen LogP contribution in [0.2, 0.25) is 15.9 Å². The minimum absolute atomic E-state index is 0. The molecule has 7 N–H and O–H groups in total. The van der Waals surface area contributed by atoms with Gasteiger partial charge in [-0.05, 0) is 89.2 Å². The third-order valence-electron chi connectivity index (χ3n) is 6.05. The summed E-state index contributed by atoms with van der Waals surface area (Å²) in [5, 5.41) is 21.7. The number of nitrogens with one attached hydrogen (secondary N) is 5. The van der Waals surface area contributed by atoms with Crippen molar-refractivity contribution in [3.63, 3.8) is 0 Å². The number of likely N-dealkylation sites (N-methyl/N-ethyl adjacent to an activating group) is 2. The Kier molecular flexibility index (Phi) is 68.3. The van der Waals surface area contributed by atoms with Gasteiger partial charge in [-0.1, -0.05) is 201 Å². The van der Waals surface area contributed by atoms with Gasteiger partial charge in [0.15, 0.2) is 6.40 Å². The van der Waals surface area contributed by atoms with Gasteiger partial charge in [0.05, 0.1) is 23.8 Å². The lowest BCUT2D eigenvalue weighted by Gasteiger charge is -2.16. The van der Waals surface area contributed by atoms with E-state index in [4.69, 9.17) is 55.6 Å². The second kappa shape index (κ2) is 57.3. The maximum atomic E-state index is 6.10. The van der Waals surface area contributed by atoms with Gasteiger partial charge in [-0.3, -0.25) is 15.1 Å². The van der Waals surface area contributed by atoms with Crippen molar-refractivity contribution in [2.24, 2.45) is 5.73 Å². The summed E-state index contributed by atoms with van der Waals surface area (Å²) in [5.41, 5.74) is 5.19. The summed E-state index contributed by atoms with van der Waals surface area (Å²) >= 11 is 35.4. The summed E-state index contributed by atoms with van der Waals surface area (Å²) < 4.78 is 6.43. The van der Waals surface area contributed by atoms with Gasteiger partial charge in [-0.15, -0.1) is 12.4 Å². The highest BCUT2D eigenvalue weighted by Crippen LogP contribution is 2.33. The monoisotopic (exact) mass is 1970 g/mol. The molecule has 0 saturated heterocycles. The molecule has 0 unspecified atom stereocenters. The Bertz CT molecular complexity index is 1620. The molecular formula is C36H71Cl4I8N19O3. The van der Waals surface area contributed by atoms with Crippen LogP contribution in [0.25, 0.3) is 0 Å². The zero-order valence-corrected chi connectivity index (χ0v) is 62.0. The zero-order valence-electron chi connectivity index (χ0n) is 41.6. The van der Waals surface area contributed by atoms with Crippen LogP contribution in [0.3, 0.4) is 0 Å². The maximum Gasteiger partial charge on any atom is 0.256 e. The standard InChI is InChI=1S/C12H25N7O.C8H14ClN5O.C6H8Cl2N4.C4H12N2.C2H3I3.C2H5NO.CHI3.CH2I2.ClH/c1-6-7-13-10-15-11(14-8-9-18(2)3)17-12(16-10)19(4)20-5;1-4-5-10-7-11-6(9)12-8(13-7)14(2)15-3;1-2-3-9-6-11-4(7)10-5(8)12-6;1-6(2)4-3-5;1-2(3,4)5;1-4-2-3;2-1(3)4;2-1-3;/h6-9H2,1-5H3,(H2,13,14,15,16,17);4-5H2,1-3H3,(H,10,11,12,13);2-3H2,1H3,(H,9,10,11,12);3-5H2,1-2H3;1H3;2-3H,1H3;1H;1H2;1H. The van der Waals surface area contributed by atoms with Crippen molar-refractivity contribution in [2.45, 2.75) is 46.3 Å². The van der Waals surface area contributed by atoms with E-state index in [0.29, 0.717) is 35.1 Å². The summed E-state index contributed by atoms with van der Waals surface area (Å²) in [7, 11) is 16.0. The van der Waals surface area contributed by atoms with Gasteiger partial charge >= 0.3 is 0 Å². The highest BCUT2D eigenvalue weighted by atomic mass is 127. The van der Waals surface area contributed by atoms with E-state index in [0.717, 1.165) is 71.4 Å². The van der Waals surface area contributed by atoms with E-state index in [9.17, 15) is 0 Å². The minimum atomic E-state index is 0. The summed E-state index contributed by atoms with van der Waals surface area (Å²) in [6.07, 6.45) is 3.85. The number of halogens is 12. The fourth-order valence-corrected chi connectivity index (χ4v) is 3.67. The summed E-state index contributed by atoms with van der Waals surface area (Å²) in [6.45, 7) is 14.1. The van der Waals surface area contributed by atoms with Crippen LogP contribution in [0.5, 0.6) is 0 Å². The maximum absolute atomic E-state index is 6.10. The smallest absolute Gasteiger partial charge is 0.256 e. The average Bonchev–Trinajstić information content (AvgIpc) is 3.26. The molecule has 0 aliphatic rings. The topological polar surface area (TPSA) is 255 Å². The normalized spacial score (nSPS) is 9.71. The molecule has 0 aliphatic heterocycles. The van der Waals surface area contributed by atoms with E-state index in [1.54, 1.807) is 21.2 Å². The molecule has 0 radical (unpaired) electrons. The number of hydroxylamine groups is 2. The van der Waals surface area contributed by atoms with Crippen LogP contribution in [-0.2, 0) is 14.4 Å². The fourth-order valence-electron chi connectivity index (χ4n) is 3.15. The second-order valence-electron chi connectivity index (χ2n) is 12.7. The van der Waals surface area contributed by atoms with Crippen LogP contribution in [0.15, 0.2) is 0 Å². The van der Waals surface area contributed by atoms with Crippen molar-refractivity contribution in [3.8, 4) is 0 Å². The number of nitrogens with zero attached hydrogens (tertiary/aromatic N) is 13. The number of hydrogen-bond acceptors (Lipinski definition) is 22. The number of alkyl halides is 8. The highest BCUT2D eigenvalue weighted by Gasteiger charge is 2.11. The molecule has 34 heteroatoms. The molecule has 3 aromatic heterocycles. The molecule has 0 bridgehead atoms. The van der Waals surface area contributed by atoms with E-state index >= 15 is 0 Å². The number of anilines is 6. The lowest BCUT2D eigenvalue weighted by atomic mass is 10.5. The molecule has 0 saturated carbocycles. The molecule has 0 fully saturated rings. The van der Waals surface area contributed by atoms with Crippen molar-refractivity contribution in [2.75, 3.05) is 143 Å². The van der Waals surface area contributed by atoms with Gasteiger partial charge in [-0.25, -0.2) is 10.1 Å². The van der Waals surface area contributed by atoms with E-state index in [1.807, 2.05) is 35.1 Å². The Hall–Kier alpha value is 2.10. The van der Waals surface area contributed by atoms with E-state index < -0.39 is 0 Å². The van der Waals surface area contributed by atoms with Gasteiger partial charge < -0.3 is 41.5 Å². The highest BCUT2D eigenvalue weighted by molar-refractivity contribution is 14.3. The molecular weight excluding hydrogens is 1900 g/mol. The van der Waals surface area contributed by atoms with Crippen molar-refractivity contribution in [1.82, 2.24) is 54.7 Å². The summed E-state index contributed by atoms with van der Waals surface area (Å²) in [5.74, 6) is 2.80. The van der Waals surface area contributed by atoms with Crippen molar-refractivity contribution < 1.29 is 14.4 Å². The van der Waals surface area contributed by atoms with Gasteiger partial charge in [0.2, 0.25) is 39.6 Å². The van der Waals surface area contributed by atoms with E-state index in [-0.39, 0.29) is 28.3 Å². The molecule has 0 atom stereocenters. The Morgan fingerprint density at radius 1 is 0.600 bits per heavy atom. The van der Waals surface area contributed by atoms with Crippen LogP contribution >= 0.6 is 228 Å². The summed E-state index contributed by atoms with van der Waals surface area (Å²) in [6, 6.07) is 0. The quantitative estimate of drug-likeness (QED) is 0.0202. The van der Waals surface area contributed by atoms with E-state index in [1.165, 1.54) is 26.8 Å². The van der Waals surface area contributed by atoms with E-state index in [2.05, 4.69) is 282 Å². The van der Waals surface area contributed by atoms with Crippen molar-refractivity contribution in [3.05, 3.63) is 15.9 Å². The van der Waals surface area contributed by atoms with Gasteiger partial charge in [-0.2, -0.15) is 44.9 Å². The third kappa shape index (κ3) is 64.4.